The van der Waals surface area contributed by atoms with Gasteiger partial charge in [0.1, 0.15) is 25.5 Å². The van der Waals surface area contributed by atoms with Gasteiger partial charge >= 0.3 is 11.9 Å². The van der Waals surface area contributed by atoms with Gasteiger partial charge < -0.3 is 19.5 Å². The molecule has 38 heavy (non-hydrogen) atoms. The fourth-order valence-electron chi connectivity index (χ4n) is 5.82. The maximum Gasteiger partial charge on any atom is 0.340 e. The van der Waals surface area contributed by atoms with Gasteiger partial charge in [-0.3, -0.25) is 4.99 Å². The van der Waals surface area contributed by atoms with Crippen molar-refractivity contribution in [1.82, 2.24) is 0 Å². The predicted molar refractivity (Wildman–Crippen MR) is 153 cm³/mol. The lowest BCUT2D eigenvalue weighted by Gasteiger charge is -2.38. The Balaban J connectivity index is 1.74. The van der Waals surface area contributed by atoms with Crippen LogP contribution in [0.5, 0.6) is 0 Å². The highest BCUT2D eigenvalue weighted by Crippen LogP contribution is 2.43. The molecule has 2 N–H and O–H groups in total. The lowest BCUT2D eigenvalue weighted by Crippen LogP contribution is -2.49. The highest BCUT2D eigenvalue weighted by Gasteiger charge is 2.42. The van der Waals surface area contributed by atoms with Crippen LogP contribution in [-0.4, -0.2) is 55.6 Å². The lowest BCUT2D eigenvalue weighted by molar-refractivity contribution is 0.0652. The number of aliphatic imine (C=N–C) groups is 1. The molecule has 3 aliphatic rings. The van der Waals surface area contributed by atoms with Crippen molar-refractivity contribution in [3.8, 4) is 0 Å². The number of hydrogen-bond donors (Lipinski definition) is 2. The van der Waals surface area contributed by atoms with E-state index in [2.05, 4.69) is 49.2 Å². The third-order valence-electron chi connectivity index (χ3n) is 7.88. The van der Waals surface area contributed by atoms with Gasteiger partial charge in [0.05, 0.1) is 5.71 Å². The van der Waals surface area contributed by atoms with E-state index in [0.717, 1.165) is 67.2 Å². The first-order valence-electron chi connectivity index (χ1n) is 13.4. The van der Waals surface area contributed by atoms with Gasteiger partial charge in [-0.1, -0.05) is 45.0 Å². The van der Waals surface area contributed by atoms with Crippen molar-refractivity contribution in [2.24, 2.45) is 4.99 Å². The van der Waals surface area contributed by atoms with Gasteiger partial charge in [-0.15, -0.1) is 0 Å². The molecule has 1 aliphatic carbocycles. The SMILES string of the molecule is CCCCCN=C1C=CC2=C(c3occ(C(=O)O)c3C(=O)O)c3ccc(N4CCCC4)cc3[Si](C)(C)C2=C1. The first kappa shape index (κ1) is 26.0. The van der Waals surface area contributed by atoms with Crippen molar-refractivity contribution >= 4 is 42.2 Å². The largest absolute Gasteiger partial charge is 0.478 e. The van der Waals surface area contributed by atoms with E-state index < -0.39 is 20.0 Å². The van der Waals surface area contributed by atoms with Crippen molar-refractivity contribution < 1.29 is 24.2 Å². The average Bonchev–Trinajstić information content (AvgIpc) is 3.58. The zero-order valence-corrected chi connectivity index (χ0v) is 23.2. The number of benzene rings is 1. The molecule has 0 saturated carbocycles. The minimum Gasteiger partial charge on any atom is -0.478 e. The van der Waals surface area contributed by atoms with Crippen LogP contribution in [0.3, 0.4) is 0 Å². The number of unbranched alkanes of at least 4 members (excludes halogenated alkanes) is 2. The minimum atomic E-state index is -2.25. The number of carboxylic acid groups (broad SMARTS) is 2. The molecular formula is C30H34N2O5Si. The molecule has 1 fully saturated rings. The van der Waals surface area contributed by atoms with Gasteiger partial charge in [-0.25, -0.2) is 9.59 Å². The van der Waals surface area contributed by atoms with Gasteiger partial charge in [0.15, 0.2) is 5.76 Å². The van der Waals surface area contributed by atoms with Gasteiger partial charge in [-0.2, -0.15) is 0 Å². The molecule has 0 bridgehead atoms. The summed E-state index contributed by atoms with van der Waals surface area (Å²) in [6.07, 6.45) is 12.8. The molecule has 1 saturated heterocycles. The van der Waals surface area contributed by atoms with Crippen LogP contribution in [0.4, 0.5) is 5.69 Å². The number of rotatable bonds is 8. The van der Waals surface area contributed by atoms with Crippen molar-refractivity contribution in [2.75, 3.05) is 24.5 Å². The van der Waals surface area contributed by atoms with Crippen molar-refractivity contribution in [3.63, 3.8) is 0 Å². The van der Waals surface area contributed by atoms with Crippen LogP contribution in [0.15, 0.2) is 62.9 Å². The molecule has 3 heterocycles. The highest BCUT2D eigenvalue weighted by molar-refractivity contribution is 6.98. The average molecular weight is 531 g/mol. The second kappa shape index (κ2) is 10.2. The van der Waals surface area contributed by atoms with Gasteiger partial charge in [-0.05, 0) is 65.1 Å². The third kappa shape index (κ3) is 4.47. The maximum absolute atomic E-state index is 12.3. The summed E-state index contributed by atoms with van der Waals surface area (Å²) >= 11 is 0. The number of fused-ring (bicyclic) bond motifs is 2. The molecule has 0 radical (unpaired) electrons. The fraction of sp³-hybridized carbons (Fsp3) is 0.367. The number of furan rings is 1. The Morgan fingerprint density at radius 3 is 2.53 bits per heavy atom. The minimum absolute atomic E-state index is 0.0865. The zero-order chi connectivity index (χ0) is 27.0. The predicted octanol–water partition coefficient (Wildman–Crippen LogP) is 5.67. The fourth-order valence-corrected chi connectivity index (χ4v) is 8.89. The molecule has 0 unspecified atom stereocenters. The Bertz CT molecular complexity index is 1420. The lowest BCUT2D eigenvalue weighted by atomic mass is 9.90. The number of aromatic carboxylic acids is 2. The Labute approximate surface area is 223 Å². The summed E-state index contributed by atoms with van der Waals surface area (Å²) < 4.78 is 5.77. The van der Waals surface area contributed by atoms with Crippen LogP contribution in [0.25, 0.3) is 5.57 Å². The summed E-state index contributed by atoms with van der Waals surface area (Å²) in [7, 11) is -2.25. The van der Waals surface area contributed by atoms with Gasteiger partial charge in [0, 0.05) is 30.9 Å². The molecule has 0 atom stereocenters. The van der Waals surface area contributed by atoms with Gasteiger partial charge in [0.2, 0.25) is 0 Å². The molecule has 1 aromatic carbocycles. The van der Waals surface area contributed by atoms with E-state index in [-0.39, 0.29) is 16.9 Å². The number of allylic oxidation sites excluding steroid dienone is 5. The van der Waals surface area contributed by atoms with E-state index in [1.54, 1.807) is 0 Å². The molecule has 198 valence electrons. The summed E-state index contributed by atoms with van der Waals surface area (Å²) in [6, 6.07) is 6.43. The quantitative estimate of drug-likeness (QED) is 0.337. The van der Waals surface area contributed by atoms with Crippen molar-refractivity contribution in [3.05, 3.63) is 75.9 Å². The van der Waals surface area contributed by atoms with E-state index in [1.807, 2.05) is 12.2 Å². The standard InChI is InChI=1S/C30H34N2O5Si/c1-4-5-6-13-31-19-9-11-21-24(16-19)38(2,3)25-17-20(32-14-7-8-15-32)10-12-22(25)26(21)28-27(30(35)36)23(18-37-28)29(33)34/h9-12,16-18H,4-8,13-15H2,1-3H3,(H,33,34)(H,35,36). The highest BCUT2D eigenvalue weighted by atomic mass is 28.3. The van der Waals surface area contributed by atoms with Crippen LogP contribution in [-0.2, 0) is 0 Å². The molecule has 0 amide bonds. The third-order valence-corrected chi connectivity index (χ3v) is 11.4. The van der Waals surface area contributed by atoms with E-state index in [9.17, 15) is 19.8 Å². The van der Waals surface area contributed by atoms with Crippen molar-refractivity contribution in [2.45, 2.75) is 52.1 Å². The molecule has 7 nitrogen and oxygen atoms in total. The van der Waals surface area contributed by atoms with Crippen LogP contribution in [0, 0.1) is 0 Å². The Morgan fingerprint density at radius 1 is 1.08 bits per heavy atom. The molecule has 8 heteroatoms. The second-order valence-electron chi connectivity index (χ2n) is 10.7. The van der Waals surface area contributed by atoms with Crippen LogP contribution in [0.1, 0.15) is 71.1 Å². The zero-order valence-electron chi connectivity index (χ0n) is 22.2. The normalized spacial score (nSPS) is 19.0. The summed E-state index contributed by atoms with van der Waals surface area (Å²) in [5, 5.41) is 22.1. The number of hydrogen-bond acceptors (Lipinski definition) is 5. The first-order chi connectivity index (χ1) is 18.2. The van der Waals surface area contributed by atoms with Crippen LogP contribution >= 0.6 is 0 Å². The van der Waals surface area contributed by atoms with E-state index in [1.165, 1.54) is 23.7 Å². The molecule has 0 spiro atoms. The van der Waals surface area contributed by atoms with E-state index >= 15 is 0 Å². The number of carbonyl (C=O) groups is 2. The first-order valence-corrected chi connectivity index (χ1v) is 16.4. The smallest absolute Gasteiger partial charge is 0.340 e. The molecular weight excluding hydrogens is 496 g/mol. The Hall–Kier alpha value is -3.65. The summed E-state index contributed by atoms with van der Waals surface area (Å²) in [6.45, 7) is 9.63. The molecule has 2 aromatic rings. The topological polar surface area (TPSA) is 103 Å². The number of anilines is 1. The van der Waals surface area contributed by atoms with Crippen LogP contribution < -0.4 is 10.1 Å². The summed E-state index contributed by atoms with van der Waals surface area (Å²) in [5.74, 6) is -2.56. The molecule has 2 aliphatic heterocycles. The summed E-state index contributed by atoms with van der Waals surface area (Å²) in [4.78, 5) is 31.4. The number of carboxylic acids is 2. The number of nitrogens with zero attached hydrogens (tertiary/aromatic N) is 2. The van der Waals surface area contributed by atoms with E-state index in [0.29, 0.717) is 5.57 Å². The maximum atomic E-state index is 12.3. The second-order valence-corrected chi connectivity index (χ2v) is 15.0. The van der Waals surface area contributed by atoms with E-state index in [4.69, 9.17) is 9.41 Å². The van der Waals surface area contributed by atoms with Gasteiger partial charge in [0.25, 0.3) is 0 Å². The Morgan fingerprint density at radius 2 is 1.84 bits per heavy atom. The molecule has 1 aromatic heterocycles. The molecule has 5 rings (SSSR count). The monoisotopic (exact) mass is 530 g/mol. The van der Waals surface area contributed by atoms with Crippen molar-refractivity contribution in [1.29, 1.82) is 0 Å². The Kier molecular flexibility index (Phi) is 7.01. The van der Waals surface area contributed by atoms with Crippen LogP contribution in [0.2, 0.25) is 13.1 Å². The summed E-state index contributed by atoms with van der Waals surface area (Å²) in [5.41, 5.74) is 3.88.